The summed E-state index contributed by atoms with van der Waals surface area (Å²) in [5, 5.41) is 15.0. The Hall–Kier alpha value is -3.18. The number of rotatable bonds is 5. The average Bonchev–Trinajstić information content (AvgIpc) is 3.29. The smallest absolute Gasteiger partial charge is 0.281 e. The van der Waals surface area contributed by atoms with Crippen LogP contribution < -0.4 is 5.01 Å². The van der Waals surface area contributed by atoms with E-state index in [2.05, 4.69) is 5.10 Å². The van der Waals surface area contributed by atoms with Crippen LogP contribution in [0.4, 0.5) is 5.69 Å². The lowest BCUT2D eigenvalue weighted by Crippen LogP contribution is -2.21. The zero-order valence-corrected chi connectivity index (χ0v) is 14.7. The summed E-state index contributed by atoms with van der Waals surface area (Å²) in [6.45, 7) is 3.75. The van der Waals surface area contributed by atoms with Gasteiger partial charge in [0.25, 0.3) is 5.91 Å². The van der Waals surface area contributed by atoms with E-state index in [0.717, 1.165) is 16.7 Å². The maximum Gasteiger partial charge on any atom is 0.281 e. The van der Waals surface area contributed by atoms with E-state index in [4.69, 9.17) is 9.52 Å². The number of hydrogen-bond acceptors (Lipinski definition) is 4. The van der Waals surface area contributed by atoms with Crippen LogP contribution in [-0.4, -0.2) is 23.3 Å². The van der Waals surface area contributed by atoms with Gasteiger partial charge in [0.2, 0.25) is 0 Å². The SMILES string of the molecule is CC(/C=C1\C(=O)N(c2ccccc2)N=C1c1ccoc1)=C\C=C(/C)CO. The molecule has 132 valence electrons. The highest BCUT2D eigenvalue weighted by Gasteiger charge is 2.32. The Morgan fingerprint density at radius 1 is 1.19 bits per heavy atom. The fraction of sp³-hybridized carbons (Fsp3) is 0.143. The molecule has 0 fully saturated rings. The minimum Gasteiger partial charge on any atom is -0.472 e. The number of benzene rings is 1. The maximum atomic E-state index is 13.0. The van der Waals surface area contributed by atoms with Crippen LogP contribution in [-0.2, 0) is 4.79 Å². The molecule has 0 bridgehead atoms. The van der Waals surface area contributed by atoms with E-state index in [9.17, 15) is 4.79 Å². The molecular weight excluding hydrogens is 328 g/mol. The third kappa shape index (κ3) is 3.73. The molecule has 1 aliphatic heterocycles. The summed E-state index contributed by atoms with van der Waals surface area (Å²) in [6.07, 6.45) is 8.63. The standard InChI is InChI=1S/C21H20N2O3/c1-15(8-9-16(2)13-24)12-19-20(17-10-11-26-14-17)22-23(21(19)25)18-6-4-3-5-7-18/h3-12,14,24H,13H2,1-2H3/b15-8+,16-9+,19-12-. The number of amides is 1. The molecule has 1 aromatic heterocycles. The van der Waals surface area contributed by atoms with Crippen molar-refractivity contribution >= 4 is 17.3 Å². The Bertz CT molecular complexity index is 904. The molecule has 0 atom stereocenters. The third-order valence-corrected chi connectivity index (χ3v) is 3.93. The summed E-state index contributed by atoms with van der Waals surface area (Å²) in [7, 11) is 0. The fourth-order valence-corrected chi connectivity index (χ4v) is 2.50. The molecule has 1 aromatic carbocycles. The number of aliphatic hydroxyl groups excluding tert-OH is 1. The fourth-order valence-electron chi connectivity index (χ4n) is 2.50. The van der Waals surface area contributed by atoms with Crippen molar-refractivity contribution in [1.29, 1.82) is 0 Å². The first-order valence-corrected chi connectivity index (χ1v) is 8.28. The van der Waals surface area contributed by atoms with Gasteiger partial charge in [0.1, 0.15) is 5.71 Å². The molecule has 5 heteroatoms. The second-order valence-electron chi connectivity index (χ2n) is 6.05. The highest BCUT2D eigenvalue weighted by molar-refractivity contribution is 6.35. The van der Waals surface area contributed by atoms with Crippen LogP contribution in [0, 0.1) is 0 Å². The number of nitrogens with zero attached hydrogens (tertiary/aromatic N) is 2. The van der Waals surface area contributed by atoms with Crippen LogP contribution in [0.2, 0.25) is 0 Å². The van der Waals surface area contributed by atoms with Crippen LogP contribution >= 0.6 is 0 Å². The first-order chi connectivity index (χ1) is 12.6. The van der Waals surface area contributed by atoms with Crippen molar-refractivity contribution in [3.05, 3.63) is 89.4 Å². The first kappa shape index (κ1) is 17.6. The molecule has 0 unspecified atom stereocenters. The molecule has 1 aliphatic rings. The molecule has 0 saturated heterocycles. The number of para-hydroxylation sites is 1. The van der Waals surface area contributed by atoms with Gasteiger partial charge in [-0.3, -0.25) is 4.79 Å². The third-order valence-electron chi connectivity index (χ3n) is 3.93. The summed E-state index contributed by atoms with van der Waals surface area (Å²) >= 11 is 0. The molecule has 0 saturated carbocycles. The molecule has 1 N–H and O–H groups in total. The first-order valence-electron chi connectivity index (χ1n) is 8.28. The second-order valence-corrected chi connectivity index (χ2v) is 6.05. The van der Waals surface area contributed by atoms with Gasteiger partial charge in [-0.05, 0) is 43.7 Å². The Labute approximate surface area is 152 Å². The lowest BCUT2D eigenvalue weighted by Gasteiger charge is -2.10. The molecule has 2 aromatic rings. The van der Waals surface area contributed by atoms with E-state index in [-0.39, 0.29) is 12.5 Å². The largest absolute Gasteiger partial charge is 0.472 e. The maximum absolute atomic E-state index is 13.0. The van der Waals surface area contributed by atoms with Crippen molar-refractivity contribution in [2.75, 3.05) is 11.6 Å². The molecule has 26 heavy (non-hydrogen) atoms. The van der Waals surface area contributed by atoms with E-state index in [1.165, 1.54) is 5.01 Å². The number of allylic oxidation sites excluding steroid dienone is 4. The summed E-state index contributed by atoms with van der Waals surface area (Å²) in [5.74, 6) is -0.192. The summed E-state index contributed by atoms with van der Waals surface area (Å²) < 4.78 is 5.16. The molecule has 0 spiro atoms. The Balaban J connectivity index is 2.02. The van der Waals surface area contributed by atoms with Crippen LogP contribution in [0.5, 0.6) is 0 Å². The van der Waals surface area contributed by atoms with Crippen molar-refractivity contribution in [1.82, 2.24) is 0 Å². The van der Waals surface area contributed by atoms with Gasteiger partial charge in [-0.15, -0.1) is 0 Å². The van der Waals surface area contributed by atoms with Gasteiger partial charge in [0, 0.05) is 5.56 Å². The number of furan rings is 1. The zero-order chi connectivity index (χ0) is 18.5. The van der Waals surface area contributed by atoms with Crippen LogP contribution in [0.3, 0.4) is 0 Å². The van der Waals surface area contributed by atoms with Gasteiger partial charge in [-0.2, -0.15) is 10.1 Å². The van der Waals surface area contributed by atoms with Gasteiger partial charge >= 0.3 is 0 Å². The van der Waals surface area contributed by atoms with E-state index in [1.54, 1.807) is 24.7 Å². The van der Waals surface area contributed by atoms with Crippen molar-refractivity contribution in [3.8, 4) is 0 Å². The minimum absolute atomic E-state index is 0.00277. The van der Waals surface area contributed by atoms with Crippen molar-refractivity contribution in [2.24, 2.45) is 5.10 Å². The number of hydrazone groups is 1. The average molecular weight is 348 g/mol. The zero-order valence-electron chi connectivity index (χ0n) is 14.7. The lowest BCUT2D eigenvalue weighted by molar-refractivity contribution is -0.114. The van der Waals surface area contributed by atoms with E-state index in [1.807, 2.05) is 56.3 Å². The summed E-state index contributed by atoms with van der Waals surface area (Å²) in [6, 6.07) is 11.1. The molecule has 3 rings (SSSR count). The van der Waals surface area contributed by atoms with Gasteiger partial charge in [-0.25, -0.2) is 0 Å². The van der Waals surface area contributed by atoms with Crippen LogP contribution in [0.15, 0.2) is 93.4 Å². The van der Waals surface area contributed by atoms with Crippen LogP contribution in [0.1, 0.15) is 19.4 Å². The summed E-state index contributed by atoms with van der Waals surface area (Å²) in [4.78, 5) is 13.0. The number of carbonyl (C=O) groups is 1. The Morgan fingerprint density at radius 2 is 1.96 bits per heavy atom. The number of anilines is 1. The number of carbonyl (C=O) groups excluding carboxylic acids is 1. The molecular formula is C21H20N2O3. The van der Waals surface area contributed by atoms with E-state index < -0.39 is 0 Å². The quantitative estimate of drug-likeness (QED) is 0.659. The van der Waals surface area contributed by atoms with Gasteiger partial charge in [0.15, 0.2) is 0 Å². The normalized spacial score (nSPS) is 17.2. The predicted molar refractivity (Wildman–Crippen MR) is 102 cm³/mol. The Morgan fingerprint density at radius 3 is 2.62 bits per heavy atom. The highest BCUT2D eigenvalue weighted by atomic mass is 16.3. The van der Waals surface area contributed by atoms with Gasteiger partial charge in [-0.1, -0.05) is 35.9 Å². The highest BCUT2D eigenvalue weighted by Crippen LogP contribution is 2.27. The topological polar surface area (TPSA) is 66.0 Å². The van der Waals surface area contributed by atoms with Crippen molar-refractivity contribution in [3.63, 3.8) is 0 Å². The van der Waals surface area contributed by atoms with Gasteiger partial charge in [0.05, 0.1) is 30.4 Å². The molecule has 5 nitrogen and oxygen atoms in total. The summed E-state index contributed by atoms with van der Waals surface area (Å²) in [5.41, 5.74) is 4.25. The predicted octanol–water partition coefficient (Wildman–Crippen LogP) is 3.84. The van der Waals surface area contributed by atoms with Crippen molar-refractivity contribution < 1.29 is 14.3 Å². The minimum atomic E-state index is -0.192. The van der Waals surface area contributed by atoms with Crippen LogP contribution in [0.25, 0.3) is 0 Å². The van der Waals surface area contributed by atoms with E-state index in [0.29, 0.717) is 17.0 Å². The molecule has 2 heterocycles. The molecule has 0 radical (unpaired) electrons. The second kappa shape index (κ2) is 7.80. The number of aliphatic hydroxyl groups is 1. The Kier molecular flexibility index (Phi) is 5.29. The van der Waals surface area contributed by atoms with E-state index >= 15 is 0 Å². The van der Waals surface area contributed by atoms with Gasteiger partial charge < -0.3 is 9.52 Å². The monoisotopic (exact) mass is 348 g/mol. The lowest BCUT2D eigenvalue weighted by atomic mass is 10.0. The molecule has 0 aliphatic carbocycles. The van der Waals surface area contributed by atoms with Crippen molar-refractivity contribution in [2.45, 2.75) is 13.8 Å². The molecule has 1 amide bonds. The number of hydrogen-bond donors (Lipinski definition) is 1.